The van der Waals surface area contributed by atoms with Crippen molar-refractivity contribution in [2.45, 2.75) is 52.7 Å². The minimum Gasteiger partial charge on any atom is -0.496 e. The molecular weight excluding hydrogens is 435 g/mol. The van der Waals surface area contributed by atoms with Gasteiger partial charge in [-0.25, -0.2) is 9.97 Å². The lowest BCUT2D eigenvalue weighted by Gasteiger charge is -2.24. The number of benzene rings is 2. The number of nitrogen functional groups attached to an aromatic ring is 1. The smallest absolute Gasteiger partial charge is 0.138 e. The van der Waals surface area contributed by atoms with Crippen molar-refractivity contribution < 1.29 is 14.4 Å². The summed E-state index contributed by atoms with van der Waals surface area (Å²) in [5.74, 6) is 1.85. The minimum atomic E-state index is -2.59. The van der Waals surface area contributed by atoms with Gasteiger partial charge in [-0.15, -0.1) is 0 Å². The van der Waals surface area contributed by atoms with Gasteiger partial charge in [0.2, 0.25) is 0 Å². The molecule has 8 heteroatoms. The number of anilines is 2. The van der Waals surface area contributed by atoms with Crippen molar-refractivity contribution in [3.8, 4) is 5.75 Å². The standard InChI is InChI=1S/C25H35N4O3P/c1-14-17(13-25(4,5)30)9-18(26)10-19(14)15(2)27-24-20-11-23(33(7,8)31)22(32-6)12-21(20)28-16(3)29-24/h9-12,15,30H,13,26H2,1-8H3,(H,27,28,29)/t15-/m1/s1. The van der Waals surface area contributed by atoms with Gasteiger partial charge in [-0.3, -0.25) is 0 Å². The summed E-state index contributed by atoms with van der Waals surface area (Å²) in [6.07, 6.45) is 0.505. The molecule has 3 rings (SSSR count). The highest BCUT2D eigenvalue weighted by Gasteiger charge is 2.22. The predicted octanol–water partition coefficient (Wildman–Crippen LogP) is 4.57. The number of hydrogen-bond acceptors (Lipinski definition) is 7. The molecule has 0 aliphatic heterocycles. The van der Waals surface area contributed by atoms with Crippen molar-refractivity contribution in [2.75, 3.05) is 31.5 Å². The lowest BCUT2D eigenvalue weighted by Crippen LogP contribution is -2.23. The summed E-state index contributed by atoms with van der Waals surface area (Å²) in [4.78, 5) is 9.22. The minimum absolute atomic E-state index is 0.118. The van der Waals surface area contributed by atoms with Crippen molar-refractivity contribution in [3.63, 3.8) is 0 Å². The number of methoxy groups -OCH3 is 1. The van der Waals surface area contributed by atoms with Crippen molar-refractivity contribution in [3.05, 3.63) is 46.8 Å². The highest BCUT2D eigenvalue weighted by molar-refractivity contribution is 7.70. The first-order valence-corrected chi connectivity index (χ1v) is 13.6. The first-order chi connectivity index (χ1) is 15.2. The molecular formula is C25H35N4O3P. The maximum Gasteiger partial charge on any atom is 0.138 e. The fourth-order valence-electron chi connectivity index (χ4n) is 4.16. The highest BCUT2D eigenvalue weighted by Crippen LogP contribution is 2.41. The van der Waals surface area contributed by atoms with Crippen molar-refractivity contribution >= 4 is 34.9 Å². The summed E-state index contributed by atoms with van der Waals surface area (Å²) in [5.41, 5.74) is 9.87. The Balaban J connectivity index is 2.11. The molecule has 0 saturated carbocycles. The van der Waals surface area contributed by atoms with Crippen LogP contribution in [0.5, 0.6) is 5.75 Å². The van der Waals surface area contributed by atoms with E-state index in [2.05, 4.69) is 15.3 Å². The number of hydrogen-bond donors (Lipinski definition) is 3. The van der Waals surface area contributed by atoms with E-state index in [1.807, 2.05) is 45.0 Å². The molecule has 4 N–H and O–H groups in total. The number of nitrogens with one attached hydrogen (secondary N) is 1. The fourth-order valence-corrected chi connectivity index (χ4v) is 5.29. The molecule has 0 radical (unpaired) electrons. The molecule has 0 amide bonds. The first-order valence-electron chi connectivity index (χ1n) is 11.0. The zero-order chi connectivity index (χ0) is 24.7. The average molecular weight is 471 g/mol. The van der Waals surface area contributed by atoms with Gasteiger partial charge in [-0.2, -0.15) is 0 Å². The largest absolute Gasteiger partial charge is 0.496 e. The van der Waals surface area contributed by atoms with E-state index >= 15 is 0 Å². The second kappa shape index (κ2) is 8.96. The van der Waals surface area contributed by atoms with Gasteiger partial charge < -0.3 is 25.5 Å². The lowest BCUT2D eigenvalue weighted by atomic mass is 9.90. The zero-order valence-corrected chi connectivity index (χ0v) is 21.7. The van der Waals surface area contributed by atoms with E-state index in [9.17, 15) is 9.67 Å². The quantitative estimate of drug-likeness (QED) is 0.343. The normalized spacial score (nSPS) is 13.2. The Bertz CT molecular complexity index is 1240. The molecule has 0 bridgehead atoms. The maximum atomic E-state index is 12.9. The van der Waals surface area contributed by atoms with E-state index in [1.54, 1.807) is 34.3 Å². The van der Waals surface area contributed by atoms with Crippen molar-refractivity contribution in [2.24, 2.45) is 0 Å². The molecule has 0 aliphatic rings. The number of ether oxygens (including phenoxy) is 1. The molecule has 3 aromatic rings. The van der Waals surface area contributed by atoms with Gasteiger partial charge in [0.05, 0.1) is 29.6 Å². The average Bonchev–Trinajstić information content (AvgIpc) is 2.67. The highest BCUT2D eigenvalue weighted by atomic mass is 31.2. The van der Waals surface area contributed by atoms with Crippen LogP contribution in [-0.4, -0.2) is 41.1 Å². The van der Waals surface area contributed by atoms with Crippen LogP contribution in [-0.2, 0) is 11.0 Å². The third-order valence-electron chi connectivity index (χ3n) is 5.71. The SMILES string of the molecule is COc1cc2nc(C)nc(N[C@H](C)c3cc(N)cc(CC(C)(C)O)c3C)c2cc1P(C)(C)=O. The van der Waals surface area contributed by atoms with Crippen LogP contribution in [0.2, 0.25) is 0 Å². The van der Waals surface area contributed by atoms with Crippen LogP contribution in [0.4, 0.5) is 11.5 Å². The van der Waals surface area contributed by atoms with Gasteiger partial charge in [0.15, 0.2) is 0 Å². The number of aromatic nitrogens is 2. The first kappa shape index (κ1) is 25.0. The molecule has 0 aliphatic carbocycles. The topological polar surface area (TPSA) is 110 Å². The Morgan fingerprint density at radius 1 is 1.18 bits per heavy atom. The summed E-state index contributed by atoms with van der Waals surface area (Å²) < 4.78 is 18.4. The zero-order valence-electron chi connectivity index (χ0n) is 20.8. The van der Waals surface area contributed by atoms with E-state index in [1.165, 1.54) is 0 Å². The van der Waals surface area contributed by atoms with Crippen molar-refractivity contribution in [1.82, 2.24) is 9.97 Å². The molecule has 1 atom stereocenters. The van der Waals surface area contributed by atoms with Crippen LogP contribution < -0.4 is 21.1 Å². The molecule has 178 valence electrons. The van der Waals surface area contributed by atoms with Gasteiger partial charge >= 0.3 is 0 Å². The molecule has 7 nitrogen and oxygen atoms in total. The number of aliphatic hydroxyl groups is 1. The van der Waals surface area contributed by atoms with Crippen LogP contribution in [0.15, 0.2) is 24.3 Å². The summed E-state index contributed by atoms with van der Waals surface area (Å²) in [6, 6.07) is 7.45. The Kier molecular flexibility index (Phi) is 6.79. The van der Waals surface area contributed by atoms with Gasteiger partial charge in [-0.05, 0) is 82.8 Å². The Morgan fingerprint density at radius 3 is 2.42 bits per heavy atom. The van der Waals surface area contributed by atoms with Crippen LogP contribution in [0.25, 0.3) is 10.9 Å². The fraction of sp³-hybridized carbons (Fsp3) is 0.440. The molecule has 0 unspecified atom stereocenters. The van der Waals surface area contributed by atoms with E-state index in [0.717, 1.165) is 27.6 Å². The molecule has 1 aromatic heterocycles. The van der Waals surface area contributed by atoms with Gasteiger partial charge in [0.25, 0.3) is 0 Å². The van der Waals surface area contributed by atoms with Crippen molar-refractivity contribution in [1.29, 1.82) is 0 Å². The molecule has 33 heavy (non-hydrogen) atoms. The second-order valence-corrected chi connectivity index (χ2v) is 12.9. The Morgan fingerprint density at radius 2 is 1.85 bits per heavy atom. The van der Waals surface area contributed by atoms with Crippen LogP contribution in [0.3, 0.4) is 0 Å². The number of aryl methyl sites for hydroxylation is 1. The summed E-state index contributed by atoms with van der Waals surface area (Å²) in [7, 11) is -1.02. The second-order valence-electron chi connectivity index (χ2n) is 9.76. The monoisotopic (exact) mass is 470 g/mol. The van der Waals surface area contributed by atoms with Crippen LogP contribution in [0.1, 0.15) is 49.3 Å². The summed E-state index contributed by atoms with van der Waals surface area (Å²) >= 11 is 0. The molecule has 1 heterocycles. The van der Waals surface area contributed by atoms with Gasteiger partial charge in [0, 0.05) is 23.6 Å². The Labute approximate surface area is 196 Å². The van der Waals surface area contributed by atoms with Crippen LogP contribution >= 0.6 is 7.14 Å². The molecule has 2 aromatic carbocycles. The van der Waals surface area contributed by atoms with E-state index < -0.39 is 12.7 Å². The summed E-state index contributed by atoms with van der Waals surface area (Å²) in [5, 5.41) is 15.3. The number of rotatable bonds is 7. The molecule has 0 fully saturated rings. The third-order valence-corrected chi connectivity index (χ3v) is 7.22. The molecule has 0 spiro atoms. The van der Waals surface area contributed by atoms with E-state index in [0.29, 0.717) is 34.8 Å². The number of fused-ring (bicyclic) bond motifs is 1. The van der Waals surface area contributed by atoms with E-state index in [-0.39, 0.29) is 6.04 Å². The van der Waals surface area contributed by atoms with Gasteiger partial charge in [-0.1, -0.05) is 0 Å². The predicted molar refractivity (Wildman–Crippen MR) is 138 cm³/mol. The van der Waals surface area contributed by atoms with E-state index in [4.69, 9.17) is 10.5 Å². The third kappa shape index (κ3) is 5.66. The van der Waals surface area contributed by atoms with Gasteiger partial charge in [0.1, 0.15) is 24.5 Å². The lowest BCUT2D eigenvalue weighted by molar-refractivity contribution is 0.0808. The summed E-state index contributed by atoms with van der Waals surface area (Å²) in [6.45, 7) is 13.0. The molecule has 0 saturated heterocycles. The number of nitrogens with zero attached hydrogens (tertiary/aromatic N) is 2. The number of nitrogens with two attached hydrogens (primary N) is 1. The Hall–Kier alpha value is -2.63. The van der Waals surface area contributed by atoms with Crippen LogP contribution in [0, 0.1) is 13.8 Å². The maximum absolute atomic E-state index is 12.9.